The van der Waals surface area contributed by atoms with Crippen molar-refractivity contribution in [2.24, 2.45) is 0 Å². The van der Waals surface area contributed by atoms with Crippen LogP contribution >= 0.6 is 0 Å². The minimum Gasteiger partial charge on any atom is -0.396 e. The highest BCUT2D eigenvalue weighted by Gasteiger charge is 2.10. The topological polar surface area (TPSA) is 32.3 Å². The van der Waals surface area contributed by atoms with Gasteiger partial charge in [0.25, 0.3) is 0 Å². The first-order chi connectivity index (χ1) is 6.67. The van der Waals surface area contributed by atoms with E-state index in [1.54, 1.807) is 7.05 Å². The fraction of sp³-hybridized carbons (Fsp3) is 0.400. The Morgan fingerprint density at radius 1 is 1.29 bits per heavy atom. The van der Waals surface area contributed by atoms with Crippen LogP contribution in [0.3, 0.4) is 0 Å². The highest BCUT2D eigenvalue weighted by Crippen LogP contribution is 2.18. The minimum atomic E-state index is -0.599. The van der Waals surface area contributed by atoms with Crippen LogP contribution in [0.2, 0.25) is 0 Å². The van der Waals surface area contributed by atoms with Crippen LogP contribution in [0.5, 0.6) is 0 Å². The summed E-state index contributed by atoms with van der Waals surface area (Å²) in [5, 5.41) is 11.6. The summed E-state index contributed by atoms with van der Waals surface area (Å²) in [6.45, 7) is -0.0242. The second kappa shape index (κ2) is 5.02. The van der Waals surface area contributed by atoms with Gasteiger partial charge < -0.3 is 10.4 Å². The Bertz CT molecular complexity index is 284. The molecule has 0 saturated carbocycles. The smallest absolute Gasteiger partial charge is 0.126 e. The van der Waals surface area contributed by atoms with Gasteiger partial charge in [0.2, 0.25) is 0 Å². The maximum atomic E-state index is 12.8. The summed E-state index contributed by atoms with van der Waals surface area (Å²) >= 11 is 0. The molecule has 0 radical (unpaired) electrons. The van der Waals surface area contributed by atoms with E-state index in [0.717, 1.165) is 6.07 Å². The van der Waals surface area contributed by atoms with Crippen molar-refractivity contribution in [2.45, 2.75) is 12.5 Å². The number of aliphatic hydroxyl groups is 1. The first-order valence-corrected chi connectivity index (χ1v) is 4.41. The van der Waals surface area contributed by atoms with Crippen molar-refractivity contribution in [3.05, 3.63) is 35.4 Å². The van der Waals surface area contributed by atoms with E-state index in [4.69, 9.17) is 5.11 Å². The van der Waals surface area contributed by atoms with Gasteiger partial charge in [0.15, 0.2) is 0 Å². The van der Waals surface area contributed by atoms with Gasteiger partial charge in [-0.25, -0.2) is 8.78 Å². The molecule has 1 atom stereocenters. The van der Waals surface area contributed by atoms with Crippen molar-refractivity contribution in [3.63, 3.8) is 0 Å². The van der Waals surface area contributed by atoms with Crippen molar-refractivity contribution in [1.29, 1.82) is 0 Å². The first kappa shape index (κ1) is 11.1. The summed E-state index contributed by atoms with van der Waals surface area (Å²) in [7, 11) is 1.68. The van der Waals surface area contributed by atoms with E-state index in [9.17, 15) is 8.78 Å². The molecule has 2 N–H and O–H groups in total. The van der Waals surface area contributed by atoms with Gasteiger partial charge in [0.05, 0.1) is 0 Å². The number of hydrogen-bond donors (Lipinski definition) is 2. The summed E-state index contributed by atoms with van der Waals surface area (Å²) in [4.78, 5) is 0. The van der Waals surface area contributed by atoms with Crippen LogP contribution in [0.15, 0.2) is 18.2 Å². The monoisotopic (exact) mass is 201 g/mol. The molecule has 0 aliphatic heterocycles. The van der Waals surface area contributed by atoms with Gasteiger partial charge in [0.1, 0.15) is 11.6 Å². The fourth-order valence-corrected chi connectivity index (χ4v) is 1.38. The Morgan fingerprint density at radius 2 is 1.86 bits per heavy atom. The first-order valence-electron chi connectivity index (χ1n) is 4.41. The Morgan fingerprint density at radius 3 is 2.29 bits per heavy atom. The molecule has 2 nitrogen and oxygen atoms in total. The molecule has 0 saturated heterocycles. The van der Waals surface area contributed by atoms with Crippen molar-refractivity contribution in [1.82, 2.24) is 5.32 Å². The van der Waals surface area contributed by atoms with Crippen LogP contribution < -0.4 is 5.32 Å². The van der Waals surface area contributed by atoms with E-state index in [0.29, 0.717) is 12.0 Å². The number of benzene rings is 1. The molecule has 1 aromatic rings. The summed E-state index contributed by atoms with van der Waals surface area (Å²) in [6.07, 6.45) is 0.430. The molecule has 0 aliphatic carbocycles. The predicted octanol–water partition coefficient (Wildman–Crippen LogP) is 1.61. The van der Waals surface area contributed by atoms with Crippen LogP contribution in [-0.2, 0) is 0 Å². The molecule has 1 unspecified atom stereocenters. The zero-order valence-electron chi connectivity index (χ0n) is 7.93. The molecular weight excluding hydrogens is 188 g/mol. The Kier molecular flexibility index (Phi) is 3.98. The molecule has 0 amide bonds. The molecule has 0 fully saturated rings. The third-order valence-electron chi connectivity index (χ3n) is 2.05. The summed E-state index contributed by atoms with van der Waals surface area (Å²) in [5.41, 5.74) is 0.513. The zero-order chi connectivity index (χ0) is 10.6. The Balaban J connectivity index is 2.91. The SMILES string of the molecule is CNC(CCO)c1cc(F)cc(F)c1. The van der Waals surface area contributed by atoms with Gasteiger partial charge in [-0.2, -0.15) is 0 Å². The standard InChI is InChI=1S/C10H13F2NO/c1-13-10(2-3-14)7-4-8(11)6-9(12)5-7/h4-6,10,13-14H,2-3H2,1H3. The highest BCUT2D eigenvalue weighted by atomic mass is 19.1. The number of hydrogen-bond acceptors (Lipinski definition) is 2. The molecule has 0 heterocycles. The van der Waals surface area contributed by atoms with E-state index >= 15 is 0 Å². The van der Waals surface area contributed by atoms with Crippen molar-refractivity contribution in [3.8, 4) is 0 Å². The molecule has 4 heteroatoms. The molecule has 0 spiro atoms. The predicted molar refractivity (Wildman–Crippen MR) is 49.9 cm³/mol. The van der Waals surface area contributed by atoms with E-state index in [1.165, 1.54) is 12.1 Å². The lowest BCUT2D eigenvalue weighted by molar-refractivity contribution is 0.268. The van der Waals surface area contributed by atoms with E-state index in [2.05, 4.69) is 5.32 Å². The molecular formula is C10H13F2NO. The molecule has 1 aromatic carbocycles. The number of rotatable bonds is 4. The van der Waals surface area contributed by atoms with E-state index in [1.807, 2.05) is 0 Å². The maximum absolute atomic E-state index is 12.8. The van der Waals surface area contributed by atoms with Crippen molar-refractivity contribution >= 4 is 0 Å². The summed E-state index contributed by atoms with van der Waals surface area (Å²) in [6, 6.07) is 3.14. The van der Waals surface area contributed by atoms with Crippen LogP contribution in [-0.4, -0.2) is 18.8 Å². The average molecular weight is 201 g/mol. The third kappa shape index (κ3) is 2.75. The van der Waals surface area contributed by atoms with Gasteiger partial charge >= 0.3 is 0 Å². The molecule has 1 rings (SSSR count). The lowest BCUT2D eigenvalue weighted by Gasteiger charge is -2.15. The second-order valence-electron chi connectivity index (χ2n) is 3.06. The lowest BCUT2D eigenvalue weighted by Crippen LogP contribution is -2.17. The Hall–Kier alpha value is -1.00. The van der Waals surface area contributed by atoms with Crippen LogP contribution in [0.4, 0.5) is 8.78 Å². The van der Waals surface area contributed by atoms with E-state index in [-0.39, 0.29) is 12.6 Å². The van der Waals surface area contributed by atoms with Crippen molar-refractivity contribution in [2.75, 3.05) is 13.7 Å². The molecule has 0 aromatic heterocycles. The minimum absolute atomic E-state index is 0.0242. The van der Waals surface area contributed by atoms with Crippen LogP contribution in [0.25, 0.3) is 0 Å². The van der Waals surface area contributed by atoms with E-state index < -0.39 is 11.6 Å². The van der Waals surface area contributed by atoms with Crippen LogP contribution in [0, 0.1) is 11.6 Å². The maximum Gasteiger partial charge on any atom is 0.126 e. The molecule has 0 bridgehead atoms. The van der Waals surface area contributed by atoms with Gasteiger partial charge in [-0.1, -0.05) is 0 Å². The molecule has 78 valence electrons. The quantitative estimate of drug-likeness (QED) is 0.775. The van der Waals surface area contributed by atoms with Crippen molar-refractivity contribution < 1.29 is 13.9 Å². The zero-order valence-corrected chi connectivity index (χ0v) is 7.93. The van der Waals surface area contributed by atoms with Crippen LogP contribution in [0.1, 0.15) is 18.0 Å². The van der Waals surface area contributed by atoms with Gasteiger partial charge in [-0.05, 0) is 31.2 Å². The normalized spacial score (nSPS) is 12.9. The fourth-order valence-electron chi connectivity index (χ4n) is 1.38. The largest absolute Gasteiger partial charge is 0.396 e. The molecule has 0 aliphatic rings. The lowest BCUT2D eigenvalue weighted by atomic mass is 10.0. The third-order valence-corrected chi connectivity index (χ3v) is 2.05. The highest BCUT2D eigenvalue weighted by molar-refractivity contribution is 5.21. The number of halogens is 2. The average Bonchev–Trinajstić information content (AvgIpc) is 2.12. The van der Waals surface area contributed by atoms with Gasteiger partial charge in [-0.15, -0.1) is 0 Å². The summed E-state index contributed by atoms with van der Waals surface area (Å²) in [5.74, 6) is -1.20. The number of aliphatic hydroxyl groups excluding tert-OH is 1. The number of nitrogens with one attached hydrogen (secondary N) is 1. The Labute approximate surface area is 81.6 Å². The molecule has 14 heavy (non-hydrogen) atoms. The second-order valence-corrected chi connectivity index (χ2v) is 3.06. The summed E-state index contributed by atoms with van der Waals surface area (Å²) < 4.78 is 25.7. The van der Waals surface area contributed by atoms with Gasteiger partial charge in [-0.3, -0.25) is 0 Å². The van der Waals surface area contributed by atoms with Gasteiger partial charge in [0, 0.05) is 18.7 Å².